The number of nitrogens with zero attached hydrogens (tertiary/aromatic N) is 1. The lowest BCUT2D eigenvalue weighted by Crippen LogP contribution is -2.08. The second-order valence-electron chi connectivity index (χ2n) is 5.28. The first kappa shape index (κ1) is 15.1. The molecule has 21 heavy (non-hydrogen) atoms. The molecule has 1 aliphatic rings. The number of Topliss-reactive ketones (excluding diaryl/α,β-unsaturated/α-hetero) is 1. The number of benzene rings is 1. The van der Waals surface area contributed by atoms with Crippen molar-refractivity contribution in [3.63, 3.8) is 0 Å². The minimum atomic E-state index is 0.000191. The molecule has 1 aromatic rings. The third kappa shape index (κ3) is 3.43. The van der Waals surface area contributed by atoms with E-state index in [1.807, 2.05) is 62.3 Å². The van der Waals surface area contributed by atoms with Gasteiger partial charge in [-0.1, -0.05) is 23.8 Å². The highest BCUT2D eigenvalue weighted by Gasteiger charge is 2.16. The number of hydrogen-bond donors (Lipinski definition) is 0. The Balaban J connectivity index is 2.32. The highest BCUT2D eigenvalue weighted by molar-refractivity contribution is 6.12. The summed E-state index contributed by atoms with van der Waals surface area (Å²) in [6.07, 6.45) is 8.65. The second kappa shape index (κ2) is 6.44. The molecule has 3 heteroatoms. The van der Waals surface area contributed by atoms with Crippen molar-refractivity contribution in [1.29, 1.82) is 0 Å². The van der Waals surface area contributed by atoms with E-state index in [1.165, 1.54) is 0 Å². The molecule has 0 saturated heterocycles. The minimum absolute atomic E-state index is 0.000191. The molecule has 1 aliphatic carbocycles. The fourth-order valence-corrected chi connectivity index (χ4v) is 2.27. The fourth-order valence-electron chi connectivity index (χ4n) is 2.27. The van der Waals surface area contributed by atoms with Crippen molar-refractivity contribution < 1.29 is 9.53 Å². The van der Waals surface area contributed by atoms with E-state index in [1.54, 1.807) is 7.11 Å². The fraction of sp³-hybridized carbons (Fsp3) is 0.278. The van der Waals surface area contributed by atoms with Crippen LogP contribution in [0.1, 0.15) is 22.3 Å². The van der Waals surface area contributed by atoms with Crippen LogP contribution in [0.3, 0.4) is 0 Å². The summed E-state index contributed by atoms with van der Waals surface area (Å²) in [5, 5.41) is 0. The maximum atomic E-state index is 12.7. The maximum Gasteiger partial charge on any atom is 0.196 e. The molecule has 0 aromatic heterocycles. The van der Waals surface area contributed by atoms with Crippen LogP contribution in [0.25, 0.3) is 0 Å². The Bertz CT molecular complexity index is 637. The minimum Gasteiger partial charge on any atom is -0.496 e. The molecule has 0 radical (unpaired) electrons. The van der Waals surface area contributed by atoms with Gasteiger partial charge in [0.05, 0.1) is 12.7 Å². The van der Waals surface area contributed by atoms with E-state index in [4.69, 9.17) is 4.74 Å². The molecule has 110 valence electrons. The Morgan fingerprint density at radius 2 is 1.95 bits per heavy atom. The third-order valence-electron chi connectivity index (χ3n) is 3.48. The molecule has 0 fully saturated rings. The summed E-state index contributed by atoms with van der Waals surface area (Å²) in [6, 6.07) is 5.66. The average Bonchev–Trinajstić information content (AvgIpc) is 2.72. The zero-order valence-corrected chi connectivity index (χ0v) is 13.0. The van der Waals surface area contributed by atoms with Crippen molar-refractivity contribution in [2.24, 2.45) is 0 Å². The van der Waals surface area contributed by atoms with Crippen LogP contribution in [-0.2, 0) is 0 Å². The number of hydrogen-bond acceptors (Lipinski definition) is 3. The van der Waals surface area contributed by atoms with Crippen LogP contribution < -0.4 is 4.74 Å². The molecule has 0 heterocycles. The van der Waals surface area contributed by atoms with Crippen molar-refractivity contribution >= 4 is 5.78 Å². The van der Waals surface area contributed by atoms with Gasteiger partial charge < -0.3 is 9.64 Å². The normalized spacial score (nSPS) is 14.1. The number of carbonyl (C=O) groups excluding carboxylic acids is 1. The number of aryl methyl sites for hydroxylation is 1. The van der Waals surface area contributed by atoms with Gasteiger partial charge in [0, 0.05) is 25.4 Å². The maximum absolute atomic E-state index is 12.7. The summed E-state index contributed by atoms with van der Waals surface area (Å²) >= 11 is 0. The van der Waals surface area contributed by atoms with Gasteiger partial charge in [0.1, 0.15) is 5.75 Å². The lowest BCUT2D eigenvalue weighted by Gasteiger charge is -2.12. The molecule has 2 rings (SSSR count). The summed E-state index contributed by atoms with van der Waals surface area (Å²) in [4.78, 5) is 14.8. The predicted octanol–water partition coefficient (Wildman–Crippen LogP) is 3.52. The van der Waals surface area contributed by atoms with Crippen LogP contribution in [0, 0.1) is 6.92 Å². The van der Waals surface area contributed by atoms with Gasteiger partial charge in [-0.15, -0.1) is 0 Å². The van der Waals surface area contributed by atoms with Crippen molar-refractivity contribution in [2.75, 3.05) is 21.2 Å². The Morgan fingerprint density at radius 1 is 1.19 bits per heavy atom. The molecule has 0 saturated carbocycles. The monoisotopic (exact) mass is 283 g/mol. The number of carbonyl (C=O) groups is 1. The van der Waals surface area contributed by atoms with E-state index < -0.39 is 0 Å². The highest BCUT2D eigenvalue weighted by atomic mass is 16.5. The standard InChI is InChI=1S/C18H21NO2/c1-13-8-11-17(21-4)16(12-13)18(20)14-6-5-7-15(10-9-14)19(2)3/h6-12H,5H2,1-4H3. The van der Waals surface area contributed by atoms with Crippen molar-refractivity contribution in [2.45, 2.75) is 13.3 Å². The summed E-state index contributed by atoms with van der Waals surface area (Å²) in [6.45, 7) is 1.97. The van der Waals surface area contributed by atoms with E-state index in [2.05, 4.69) is 6.08 Å². The number of ether oxygens (including phenoxy) is 1. The first-order chi connectivity index (χ1) is 10.0. The highest BCUT2D eigenvalue weighted by Crippen LogP contribution is 2.24. The number of likely N-dealkylation sites (N-methyl/N-ethyl adjacent to an activating group) is 1. The van der Waals surface area contributed by atoms with Crippen LogP contribution >= 0.6 is 0 Å². The van der Waals surface area contributed by atoms with E-state index in [-0.39, 0.29) is 5.78 Å². The SMILES string of the molecule is COc1ccc(C)cc1C(=O)C1=CCC=C(N(C)C)C=C1. The molecule has 3 nitrogen and oxygen atoms in total. The van der Waals surface area contributed by atoms with E-state index in [0.717, 1.165) is 17.7 Å². The van der Waals surface area contributed by atoms with Crippen molar-refractivity contribution in [1.82, 2.24) is 4.90 Å². The summed E-state index contributed by atoms with van der Waals surface area (Å²) in [7, 11) is 5.57. The summed E-state index contributed by atoms with van der Waals surface area (Å²) in [5.41, 5.74) is 3.46. The van der Waals surface area contributed by atoms with E-state index >= 15 is 0 Å². The van der Waals surface area contributed by atoms with Crippen LogP contribution in [0.5, 0.6) is 5.75 Å². The zero-order valence-electron chi connectivity index (χ0n) is 13.0. The van der Waals surface area contributed by atoms with Gasteiger partial charge in [0.15, 0.2) is 5.78 Å². The molecule has 0 spiro atoms. The quantitative estimate of drug-likeness (QED) is 0.792. The Kier molecular flexibility index (Phi) is 4.63. The van der Waals surface area contributed by atoms with E-state index in [9.17, 15) is 4.79 Å². The van der Waals surface area contributed by atoms with Gasteiger partial charge in [-0.2, -0.15) is 0 Å². The van der Waals surface area contributed by atoms with Gasteiger partial charge in [-0.3, -0.25) is 4.79 Å². The lowest BCUT2D eigenvalue weighted by atomic mass is 10.00. The number of methoxy groups -OCH3 is 1. The molecular formula is C18H21NO2. The summed E-state index contributed by atoms with van der Waals surface area (Å²) < 4.78 is 5.31. The number of rotatable bonds is 4. The molecule has 0 aliphatic heterocycles. The Labute approximate surface area is 126 Å². The number of ketones is 1. The first-order valence-electron chi connectivity index (χ1n) is 6.98. The van der Waals surface area contributed by atoms with Crippen LogP contribution in [0.15, 0.2) is 53.8 Å². The average molecular weight is 283 g/mol. The number of allylic oxidation sites excluding steroid dienone is 5. The Morgan fingerprint density at radius 3 is 2.62 bits per heavy atom. The largest absolute Gasteiger partial charge is 0.496 e. The molecule has 1 aromatic carbocycles. The first-order valence-corrected chi connectivity index (χ1v) is 6.98. The zero-order chi connectivity index (χ0) is 15.4. The second-order valence-corrected chi connectivity index (χ2v) is 5.28. The topological polar surface area (TPSA) is 29.5 Å². The molecule has 0 amide bonds. The molecule has 0 N–H and O–H groups in total. The van der Waals surface area contributed by atoms with Crippen molar-refractivity contribution in [3.05, 3.63) is 64.9 Å². The molecule has 0 bridgehead atoms. The van der Waals surface area contributed by atoms with E-state index in [0.29, 0.717) is 16.9 Å². The van der Waals surface area contributed by atoms with Crippen molar-refractivity contribution in [3.8, 4) is 5.75 Å². The van der Waals surface area contributed by atoms with Gasteiger partial charge >= 0.3 is 0 Å². The van der Waals surface area contributed by atoms with Gasteiger partial charge in [-0.05, 0) is 37.6 Å². The molecule has 0 atom stereocenters. The third-order valence-corrected chi connectivity index (χ3v) is 3.48. The predicted molar refractivity (Wildman–Crippen MR) is 85.7 cm³/mol. The molecule has 0 unspecified atom stereocenters. The Hall–Kier alpha value is -2.29. The summed E-state index contributed by atoms with van der Waals surface area (Å²) in [5.74, 6) is 0.616. The lowest BCUT2D eigenvalue weighted by molar-refractivity contribution is 0.103. The van der Waals surface area contributed by atoms with Gasteiger partial charge in [-0.25, -0.2) is 0 Å². The van der Waals surface area contributed by atoms with Gasteiger partial charge in [0.2, 0.25) is 0 Å². The van der Waals surface area contributed by atoms with Crippen LogP contribution in [0.2, 0.25) is 0 Å². The van der Waals surface area contributed by atoms with Gasteiger partial charge in [0.25, 0.3) is 0 Å². The smallest absolute Gasteiger partial charge is 0.196 e. The van der Waals surface area contributed by atoms with Crippen LogP contribution in [0.4, 0.5) is 0 Å². The molecular weight excluding hydrogens is 262 g/mol. The van der Waals surface area contributed by atoms with Crippen LogP contribution in [-0.4, -0.2) is 31.9 Å².